The number of rotatable bonds is 9. The molecule has 0 aliphatic heterocycles. The van der Waals surface area contributed by atoms with Crippen LogP contribution >= 0.6 is 0 Å². The summed E-state index contributed by atoms with van der Waals surface area (Å²) in [7, 11) is 0. The molecule has 0 spiro atoms. The molecule has 27 heavy (non-hydrogen) atoms. The highest BCUT2D eigenvalue weighted by molar-refractivity contribution is 5.94. The third-order valence-electron chi connectivity index (χ3n) is 4.27. The van der Waals surface area contributed by atoms with Crippen LogP contribution in [0.5, 0.6) is 5.75 Å². The summed E-state index contributed by atoms with van der Waals surface area (Å²) in [5, 5.41) is 5.23. The van der Waals surface area contributed by atoms with Gasteiger partial charge in [0.25, 0.3) is 11.8 Å². The molecule has 6 heteroatoms. The van der Waals surface area contributed by atoms with Crippen LogP contribution in [0.4, 0.5) is 4.39 Å². The van der Waals surface area contributed by atoms with Crippen LogP contribution in [0.2, 0.25) is 0 Å². The summed E-state index contributed by atoms with van der Waals surface area (Å²) in [5.41, 5.74) is 1.05. The molecule has 2 aromatic carbocycles. The Bertz CT molecular complexity index is 780. The van der Waals surface area contributed by atoms with Crippen molar-refractivity contribution in [2.24, 2.45) is 0 Å². The second kappa shape index (κ2) is 10.3. The highest BCUT2D eigenvalue weighted by atomic mass is 19.1. The van der Waals surface area contributed by atoms with Crippen LogP contribution in [0, 0.1) is 5.82 Å². The van der Waals surface area contributed by atoms with Crippen molar-refractivity contribution in [2.45, 2.75) is 26.2 Å². The number of carbonyl (C=O) groups excluding carboxylic acids is 2. The Morgan fingerprint density at radius 2 is 1.70 bits per heavy atom. The molecule has 0 fully saturated rings. The minimum absolute atomic E-state index is 0.0196. The van der Waals surface area contributed by atoms with Gasteiger partial charge in [0.2, 0.25) is 0 Å². The van der Waals surface area contributed by atoms with Crippen LogP contribution in [-0.4, -0.2) is 31.5 Å². The number of hydrogen-bond acceptors (Lipinski definition) is 3. The maximum Gasteiger partial charge on any atom is 0.258 e. The monoisotopic (exact) mass is 372 g/mol. The predicted octanol–water partition coefficient (Wildman–Crippen LogP) is 3.26. The lowest BCUT2D eigenvalue weighted by Gasteiger charge is -2.15. The number of benzene rings is 2. The molecule has 0 saturated carbocycles. The maximum atomic E-state index is 13.5. The Balaban J connectivity index is 1.73. The first-order valence-corrected chi connectivity index (χ1v) is 9.04. The zero-order chi connectivity index (χ0) is 19.6. The molecule has 0 aliphatic carbocycles. The summed E-state index contributed by atoms with van der Waals surface area (Å²) in [4.78, 5) is 23.8. The quantitative estimate of drug-likeness (QED) is 0.664. The minimum atomic E-state index is -0.576. The average molecular weight is 372 g/mol. The van der Waals surface area contributed by atoms with Crippen molar-refractivity contribution in [2.75, 3.05) is 19.7 Å². The van der Waals surface area contributed by atoms with Crippen LogP contribution in [0.3, 0.4) is 0 Å². The van der Waals surface area contributed by atoms with E-state index in [0.29, 0.717) is 11.7 Å². The third-order valence-corrected chi connectivity index (χ3v) is 4.27. The van der Waals surface area contributed by atoms with Crippen LogP contribution in [0.25, 0.3) is 0 Å². The van der Waals surface area contributed by atoms with Crippen LogP contribution in [-0.2, 0) is 4.79 Å². The fraction of sp³-hybridized carbons (Fsp3) is 0.333. The molecule has 2 aromatic rings. The number of carbonyl (C=O) groups is 2. The SMILES string of the molecule is CCC(C)c1ccccc1OCC(=O)NCCNC(=O)c1ccccc1F. The van der Waals surface area contributed by atoms with E-state index in [4.69, 9.17) is 4.74 Å². The molecule has 0 bridgehead atoms. The summed E-state index contributed by atoms with van der Waals surface area (Å²) in [6, 6.07) is 13.4. The highest BCUT2D eigenvalue weighted by Gasteiger charge is 2.12. The third kappa shape index (κ3) is 6.09. The number of nitrogens with one attached hydrogen (secondary N) is 2. The van der Waals surface area contributed by atoms with Crippen LogP contribution in [0.15, 0.2) is 48.5 Å². The van der Waals surface area contributed by atoms with E-state index in [-0.39, 0.29) is 31.2 Å². The molecule has 0 saturated heterocycles. The molecular formula is C21H25FN2O3. The summed E-state index contributed by atoms with van der Waals surface area (Å²) in [6.45, 7) is 4.54. The Labute approximate surface area is 158 Å². The highest BCUT2D eigenvalue weighted by Crippen LogP contribution is 2.28. The lowest BCUT2D eigenvalue weighted by molar-refractivity contribution is -0.123. The fourth-order valence-electron chi connectivity index (χ4n) is 2.55. The lowest BCUT2D eigenvalue weighted by Crippen LogP contribution is -2.37. The molecule has 2 amide bonds. The van der Waals surface area contributed by atoms with Gasteiger partial charge in [0.15, 0.2) is 6.61 Å². The summed E-state index contributed by atoms with van der Waals surface area (Å²) in [5.74, 6) is -0.324. The van der Waals surface area contributed by atoms with Gasteiger partial charge < -0.3 is 15.4 Å². The Kier molecular flexibility index (Phi) is 7.79. The van der Waals surface area contributed by atoms with E-state index in [1.165, 1.54) is 18.2 Å². The summed E-state index contributed by atoms with van der Waals surface area (Å²) in [6.07, 6.45) is 0.980. The van der Waals surface area contributed by atoms with Crippen molar-refractivity contribution >= 4 is 11.8 Å². The molecule has 1 atom stereocenters. The van der Waals surface area contributed by atoms with E-state index < -0.39 is 11.7 Å². The molecule has 2 N–H and O–H groups in total. The zero-order valence-corrected chi connectivity index (χ0v) is 15.6. The van der Waals surface area contributed by atoms with Crippen molar-refractivity contribution in [3.63, 3.8) is 0 Å². The van der Waals surface area contributed by atoms with Gasteiger partial charge in [-0.15, -0.1) is 0 Å². The van der Waals surface area contributed by atoms with Crippen molar-refractivity contribution in [3.05, 3.63) is 65.5 Å². The zero-order valence-electron chi connectivity index (χ0n) is 15.6. The molecule has 0 aliphatic rings. The number of hydrogen-bond donors (Lipinski definition) is 2. The maximum absolute atomic E-state index is 13.5. The first-order chi connectivity index (χ1) is 13.0. The van der Waals surface area contributed by atoms with E-state index >= 15 is 0 Å². The van der Waals surface area contributed by atoms with Crippen molar-refractivity contribution < 1.29 is 18.7 Å². The topological polar surface area (TPSA) is 67.4 Å². The standard InChI is InChI=1S/C21H25FN2O3/c1-3-15(2)16-8-5-7-11-19(16)27-14-20(25)23-12-13-24-21(26)17-9-4-6-10-18(17)22/h4-11,15H,3,12-14H2,1-2H3,(H,23,25)(H,24,26). The first kappa shape index (κ1) is 20.4. The molecule has 0 heterocycles. The van der Waals surface area contributed by atoms with Gasteiger partial charge in [-0.1, -0.05) is 44.2 Å². The van der Waals surface area contributed by atoms with Gasteiger partial charge in [-0.05, 0) is 36.1 Å². The fourth-order valence-corrected chi connectivity index (χ4v) is 2.55. The van der Waals surface area contributed by atoms with Gasteiger partial charge in [-0.25, -0.2) is 4.39 Å². The predicted molar refractivity (Wildman–Crippen MR) is 102 cm³/mol. The smallest absolute Gasteiger partial charge is 0.258 e. The van der Waals surface area contributed by atoms with E-state index in [2.05, 4.69) is 24.5 Å². The number of halogens is 1. The van der Waals surface area contributed by atoms with Gasteiger partial charge >= 0.3 is 0 Å². The minimum Gasteiger partial charge on any atom is -0.483 e. The molecular weight excluding hydrogens is 347 g/mol. The normalized spacial score (nSPS) is 11.5. The summed E-state index contributed by atoms with van der Waals surface area (Å²) < 4.78 is 19.1. The van der Waals surface area contributed by atoms with Gasteiger partial charge in [-0.2, -0.15) is 0 Å². The lowest BCUT2D eigenvalue weighted by atomic mass is 9.98. The number of ether oxygens (including phenoxy) is 1. The second-order valence-corrected chi connectivity index (χ2v) is 6.22. The van der Waals surface area contributed by atoms with Crippen LogP contribution in [0.1, 0.15) is 42.1 Å². The van der Waals surface area contributed by atoms with Crippen molar-refractivity contribution in [1.82, 2.24) is 10.6 Å². The first-order valence-electron chi connectivity index (χ1n) is 9.04. The molecule has 2 rings (SSSR count). The molecule has 0 radical (unpaired) electrons. The Hall–Kier alpha value is -2.89. The molecule has 5 nitrogen and oxygen atoms in total. The largest absolute Gasteiger partial charge is 0.483 e. The van der Waals surface area contributed by atoms with E-state index in [9.17, 15) is 14.0 Å². The van der Waals surface area contributed by atoms with Gasteiger partial charge in [0, 0.05) is 13.1 Å². The molecule has 144 valence electrons. The van der Waals surface area contributed by atoms with Gasteiger partial charge in [-0.3, -0.25) is 9.59 Å². The van der Waals surface area contributed by atoms with E-state index in [1.54, 1.807) is 6.07 Å². The number of para-hydroxylation sites is 1. The van der Waals surface area contributed by atoms with Crippen LogP contribution < -0.4 is 15.4 Å². The van der Waals surface area contributed by atoms with Gasteiger partial charge in [0.05, 0.1) is 5.56 Å². The average Bonchev–Trinajstić information content (AvgIpc) is 2.69. The molecule has 1 unspecified atom stereocenters. The summed E-state index contributed by atoms with van der Waals surface area (Å²) >= 11 is 0. The van der Waals surface area contributed by atoms with E-state index in [1.807, 2.05) is 24.3 Å². The van der Waals surface area contributed by atoms with Crippen molar-refractivity contribution in [3.8, 4) is 5.75 Å². The molecule has 0 aromatic heterocycles. The van der Waals surface area contributed by atoms with Gasteiger partial charge in [0.1, 0.15) is 11.6 Å². The Morgan fingerprint density at radius 3 is 2.44 bits per heavy atom. The Morgan fingerprint density at radius 1 is 1.04 bits per heavy atom. The second-order valence-electron chi connectivity index (χ2n) is 6.22. The van der Waals surface area contributed by atoms with Crippen molar-refractivity contribution in [1.29, 1.82) is 0 Å². The number of amides is 2. The van der Waals surface area contributed by atoms with E-state index in [0.717, 1.165) is 12.0 Å².